The van der Waals surface area contributed by atoms with Gasteiger partial charge in [-0.2, -0.15) is 0 Å². The van der Waals surface area contributed by atoms with Gasteiger partial charge >= 0.3 is 71.9 Å². The molecule has 32 atom stereocenters. The number of ether oxygens (including phenoxy) is 5. The molecule has 0 spiro atoms. The molecule has 10 aliphatic carbocycles. The summed E-state index contributed by atoms with van der Waals surface area (Å²) in [6.07, 6.45) is 55.0. The van der Waals surface area contributed by atoms with E-state index in [4.69, 9.17) is 48.0 Å². The van der Waals surface area contributed by atoms with Crippen LogP contribution in [0.25, 0.3) is 0 Å². The molecule has 0 amide bonds. The molecule has 0 bridgehead atoms. The minimum atomic E-state index is -1.66. The van der Waals surface area contributed by atoms with Gasteiger partial charge in [-0.3, -0.25) is 4.79 Å². The molecule has 1 N–H and O–H groups in total. The number of aliphatic hydroxyl groups is 1. The number of rotatable bonds is 27. The molecule has 724 valence electrons. The molecule has 0 aromatic heterocycles. The van der Waals surface area contributed by atoms with Crippen LogP contribution in [0.2, 0.25) is 0 Å². The van der Waals surface area contributed by atoms with Crippen LogP contribution in [0.15, 0.2) is 48.6 Å². The van der Waals surface area contributed by atoms with E-state index in [0.29, 0.717) is 82.1 Å². The number of aliphatic hydroxyl groups excluding tert-OH is 1. The summed E-state index contributed by atoms with van der Waals surface area (Å²) in [4.78, 5) is 66.8. The predicted molar refractivity (Wildman–Crippen MR) is 516 cm³/mol. The average Bonchev–Trinajstić information content (AvgIpc) is 1.63. The van der Waals surface area contributed by atoms with Gasteiger partial charge in [0.25, 0.3) is 0 Å². The van der Waals surface area contributed by atoms with Crippen LogP contribution in [-0.2, 0) is 65.4 Å². The standard InChI is InChI=1S/C23H40O3.C21H36O2.2C21H34O2.C19H34O.C4H6O2.3ClH.Rh.H2/c1-7-18(21(24)17(4)22(25)26-6)11-10-16(3)20-13-12-19-15(2)9-8-14-23(19,20)5;3*1-14-6-5-11-21(4)18(14)9-10-19(21)15(2)7-8-17-12-16(3)20(22)23-13-17;1-5-16(13-20)9-8-15(3)18-11-10-17-14(2)7-6-12-19(17,18)4;1-3-4(5)6-2;;;;;/h15-16,18-21,24H,4,7-14H2,1-3,5-6H3;14-19H,5-13H2,1-4H3;12,14-15,17-19H,5-11,13H2,1-4H3;14-15,17-19H,3,5-13H2,1-2,4H3;13-18H,5-12H2,1-4H3;3H,1H2,2H3;3*1H;;1H/q;;;;;;;;;+3;/p-3/t15-,16?,18?,19?,20+,21?,23-;14-,15?,16?,17?,18?,19+,21-;2*14-,15?,17?,18?,19+,21-;14-,15?,16?,17?,18+,19-;;;;;;/m00000....../s1. The molecule has 12 nitrogen and oxygen atoms in total. The number of fused-ring (bicyclic) bond motifs is 5. The van der Waals surface area contributed by atoms with Crippen LogP contribution in [0, 0.1) is 181 Å². The third-order valence-electron chi connectivity index (χ3n) is 38.1. The van der Waals surface area contributed by atoms with Crippen LogP contribution in [0.1, 0.15) is 383 Å². The molecule has 12 fully saturated rings. The molecule has 0 aromatic carbocycles. The molecule has 125 heavy (non-hydrogen) atoms. The first kappa shape index (κ1) is 109. The van der Waals surface area contributed by atoms with Crippen molar-refractivity contribution in [3.63, 3.8) is 0 Å². The molecule has 13 aliphatic rings. The Hall–Kier alpha value is -2.57. The third-order valence-corrected chi connectivity index (χ3v) is 38.1. The summed E-state index contributed by atoms with van der Waals surface area (Å²) in [7, 11) is 17.5. The Morgan fingerprint density at radius 1 is 0.520 bits per heavy atom. The Morgan fingerprint density at radius 2 is 0.872 bits per heavy atom. The first-order valence-corrected chi connectivity index (χ1v) is 57.5. The molecular weight excluding hydrogens is 1710 g/mol. The topological polar surface area (TPSA) is 169 Å². The molecule has 13 rings (SSSR count). The van der Waals surface area contributed by atoms with Crippen LogP contribution in [0.5, 0.6) is 0 Å². The van der Waals surface area contributed by atoms with Crippen molar-refractivity contribution in [3.05, 3.63) is 48.6 Å². The number of hydrogen-bond acceptors (Lipinski definition) is 12. The van der Waals surface area contributed by atoms with Gasteiger partial charge in [0.15, 0.2) is 0 Å². The van der Waals surface area contributed by atoms with Crippen molar-refractivity contribution in [2.75, 3.05) is 34.0 Å². The van der Waals surface area contributed by atoms with Crippen molar-refractivity contribution >= 4 is 65.2 Å². The fourth-order valence-electron chi connectivity index (χ4n) is 30.8. The Bertz CT molecular complexity index is 3420. The molecule has 3 aliphatic heterocycles. The van der Waals surface area contributed by atoms with E-state index in [1.165, 1.54) is 226 Å². The number of carbonyl (C=O) groups is 6. The SMILES string of the molecule is C=C(C(=O)OC)C(O)C(CC)CCC(C)[C@H]1CCC2[C@@H](C)CCC[C@@]21C.C=C1CC(CCC(C)[C@H]2CCC3[C@@H](C)CCC[C@@]32C)COC1=O.C=CC(=O)OC.CC1=CC(CCC(C)[C@H]2CCC3[C@@H](C)CCC[C@@]32C)COC1=O.CC1CC(CCC(C)[C@H]2CCC3[C@@H](C)CCC[C@@]32C)COC1=O.CCC(C=O)CCC(C)[C@H]1CCC2[C@@H](C)CCC[C@@]21C.[Cl][Rh]([Cl])[Cl].[HH]. The van der Waals surface area contributed by atoms with Crippen LogP contribution >= 0.6 is 29.1 Å². The predicted octanol–water partition coefficient (Wildman–Crippen LogP) is 29.7. The summed E-state index contributed by atoms with van der Waals surface area (Å²) in [5, 5.41) is 10.5. The minimum absolute atomic E-state index is 0. The number of halogens is 3. The van der Waals surface area contributed by atoms with Crippen molar-refractivity contribution < 1.29 is 72.0 Å². The maximum Gasteiger partial charge on any atom is 0 e. The maximum atomic E-state index is 11.7. The fourth-order valence-corrected chi connectivity index (χ4v) is 30.8. The van der Waals surface area contributed by atoms with Crippen LogP contribution < -0.4 is 0 Å². The second-order valence-corrected chi connectivity index (χ2v) is 53.0. The zero-order valence-electron chi connectivity index (χ0n) is 83.0. The van der Waals surface area contributed by atoms with Gasteiger partial charge in [0.1, 0.15) is 6.29 Å². The van der Waals surface area contributed by atoms with Crippen LogP contribution in [-0.4, -0.2) is 81.4 Å². The zero-order valence-corrected chi connectivity index (χ0v) is 87.0. The number of aldehydes is 1. The molecule has 16 heteroatoms. The minimum Gasteiger partial charge on any atom is 0 e. The Kier molecular flexibility index (Phi) is 44.9. The van der Waals surface area contributed by atoms with Gasteiger partial charge in [-0.15, -0.1) is 0 Å². The largest absolute Gasteiger partial charge is 0 e. The Balaban J connectivity index is 0.000000236. The monoisotopic (exact) mass is 1900 g/mol. The van der Waals surface area contributed by atoms with Crippen molar-refractivity contribution in [2.45, 2.75) is 388 Å². The molecule has 2 saturated heterocycles. The molecule has 0 radical (unpaired) electrons. The van der Waals surface area contributed by atoms with Crippen molar-refractivity contribution in [1.82, 2.24) is 0 Å². The van der Waals surface area contributed by atoms with Crippen LogP contribution in [0.3, 0.4) is 0 Å². The first-order chi connectivity index (χ1) is 59.1. The van der Waals surface area contributed by atoms with Gasteiger partial charge in [-0.05, 0) is 331 Å². The number of carbonyl (C=O) groups excluding carboxylic acids is 6. The second kappa shape index (κ2) is 51.2. The van der Waals surface area contributed by atoms with E-state index in [1.54, 1.807) is 0 Å². The summed E-state index contributed by atoms with van der Waals surface area (Å²) in [5.41, 5.74) is 4.53. The van der Waals surface area contributed by atoms with Gasteiger partial charge in [-0.1, -0.05) is 240 Å². The summed E-state index contributed by atoms with van der Waals surface area (Å²) in [6.45, 7) is 58.3. The molecule has 0 aromatic rings. The van der Waals surface area contributed by atoms with E-state index >= 15 is 0 Å². The van der Waals surface area contributed by atoms with Gasteiger partial charge in [0.05, 0.1) is 51.6 Å². The Morgan fingerprint density at radius 3 is 1.19 bits per heavy atom. The van der Waals surface area contributed by atoms with Crippen molar-refractivity contribution in [3.8, 4) is 0 Å². The van der Waals surface area contributed by atoms with E-state index < -0.39 is 31.0 Å². The Labute approximate surface area is 783 Å². The summed E-state index contributed by atoms with van der Waals surface area (Å²) >= 11 is -1.66. The van der Waals surface area contributed by atoms with Crippen LogP contribution in [0.4, 0.5) is 0 Å². The number of cyclic esters (lactones) is 3. The summed E-state index contributed by atoms with van der Waals surface area (Å²) < 4.78 is 24.7. The van der Waals surface area contributed by atoms with Crippen molar-refractivity contribution in [2.24, 2.45) is 181 Å². The zero-order chi connectivity index (χ0) is 92.6. The third kappa shape index (κ3) is 28.8. The van der Waals surface area contributed by atoms with Gasteiger partial charge < -0.3 is 33.6 Å². The van der Waals surface area contributed by atoms with Gasteiger partial charge in [0.2, 0.25) is 0 Å². The van der Waals surface area contributed by atoms with E-state index in [0.717, 1.165) is 169 Å². The molecule has 10 saturated carbocycles. The van der Waals surface area contributed by atoms with E-state index in [-0.39, 0.29) is 36.7 Å². The van der Waals surface area contributed by atoms with E-state index in [2.05, 4.69) is 148 Å². The molecule has 17 unspecified atom stereocenters. The second-order valence-electron chi connectivity index (χ2n) is 45.5. The van der Waals surface area contributed by atoms with E-state index in [1.807, 2.05) is 13.8 Å². The van der Waals surface area contributed by atoms with E-state index in [9.17, 15) is 33.9 Å². The number of hydrogen-bond donors (Lipinski definition) is 1. The molecule has 3 heterocycles. The smallest absolute Gasteiger partial charge is 0 e. The fraction of sp³-hybridized carbons (Fsp3) is 0.872. The van der Waals surface area contributed by atoms with Gasteiger partial charge in [0, 0.05) is 30.5 Å². The number of esters is 5. The van der Waals surface area contributed by atoms with Crippen molar-refractivity contribution in [1.29, 1.82) is 0 Å². The summed E-state index contributed by atoms with van der Waals surface area (Å²) in [6, 6.07) is 0. The maximum absolute atomic E-state index is 11.7. The number of methoxy groups -OCH3 is 2. The normalized spacial score (nSPS) is 38.1. The quantitative estimate of drug-likeness (QED) is 0.0272. The van der Waals surface area contributed by atoms with Gasteiger partial charge in [-0.25, -0.2) is 19.2 Å². The summed E-state index contributed by atoms with van der Waals surface area (Å²) in [5.74, 6) is 18.5. The first-order valence-electron chi connectivity index (χ1n) is 51.2. The molecular formula is C109H186Cl3O12Rh. The average molecular weight is 1900 g/mol.